The Labute approximate surface area is 185 Å². The predicted molar refractivity (Wildman–Crippen MR) is 111 cm³/mol. The number of nitrogens with one attached hydrogen (secondary N) is 1. The number of anilines is 1. The molecule has 1 aliphatic rings. The lowest BCUT2D eigenvalue weighted by Gasteiger charge is -2.32. The Bertz CT molecular complexity index is 1240. The van der Waals surface area contributed by atoms with Gasteiger partial charge >= 0.3 is 6.18 Å². The SMILES string of the molecule is Cc1nc(NCc2cccc(C(C)(F)F)c2)c2cn(C3(C(F)(F)F)CCOC3)c(=O)cc2n1. The van der Waals surface area contributed by atoms with Gasteiger partial charge in [-0.25, -0.2) is 18.7 Å². The summed E-state index contributed by atoms with van der Waals surface area (Å²) in [7, 11) is 0. The molecule has 0 radical (unpaired) electrons. The maximum absolute atomic E-state index is 14.0. The minimum atomic E-state index is -4.72. The lowest BCUT2D eigenvalue weighted by Crippen LogP contribution is -2.52. The average Bonchev–Trinajstić information content (AvgIpc) is 3.22. The first-order valence-corrected chi connectivity index (χ1v) is 10.2. The third-order valence-electron chi connectivity index (χ3n) is 5.73. The molecule has 1 aliphatic heterocycles. The number of pyridine rings is 1. The summed E-state index contributed by atoms with van der Waals surface area (Å²) < 4.78 is 75.0. The number of hydrogen-bond acceptors (Lipinski definition) is 5. The number of aromatic nitrogens is 3. The van der Waals surface area contributed by atoms with Gasteiger partial charge in [-0.15, -0.1) is 0 Å². The summed E-state index contributed by atoms with van der Waals surface area (Å²) in [6, 6.07) is 6.83. The molecule has 33 heavy (non-hydrogen) atoms. The maximum Gasteiger partial charge on any atom is 0.414 e. The number of halogens is 5. The molecule has 6 nitrogen and oxygen atoms in total. The average molecular weight is 468 g/mol. The number of ether oxygens (including phenoxy) is 1. The lowest BCUT2D eigenvalue weighted by atomic mass is 9.97. The van der Waals surface area contributed by atoms with Gasteiger partial charge < -0.3 is 10.1 Å². The Morgan fingerprint density at radius 3 is 2.58 bits per heavy atom. The molecule has 4 rings (SSSR count). The van der Waals surface area contributed by atoms with E-state index >= 15 is 0 Å². The van der Waals surface area contributed by atoms with Crippen molar-refractivity contribution in [2.45, 2.75) is 44.5 Å². The van der Waals surface area contributed by atoms with Crippen LogP contribution in [-0.2, 0) is 22.7 Å². The van der Waals surface area contributed by atoms with E-state index in [2.05, 4.69) is 15.3 Å². The van der Waals surface area contributed by atoms with Crippen molar-refractivity contribution in [2.24, 2.45) is 0 Å². The van der Waals surface area contributed by atoms with Gasteiger partial charge in [0.25, 0.3) is 11.5 Å². The molecule has 1 fully saturated rings. The Kier molecular flexibility index (Phi) is 5.63. The Balaban J connectivity index is 1.77. The topological polar surface area (TPSA) is 69.0 Å². The molecule has 3 aromatic rings. The highest BCUT2D eigenvalue weighted by Crippen LogP contribution is 2.42. The fourth-order valence-corrected chi connectivity index (χ4v) is 3.93. The highest BCUT2D eigenvalue weighted by Gasteiger charge is 2.59. The van der Waals surface area contributed by atoms with E-state index in [0.717, 1.165) is 19.2 Å². The molecule has 1 saturated heterocycles. The zero-order valence-corrected chi connectivity index (χ0v) is 17.8. The van der Waals surface area contributed by atoms with Crippen LogP contribution in [0.15, 0.2) is 41.3 Å². The van der Waals surface area contributed by atoms with Gasteiger partial charge in [0, 0.05) is 44.3 Å². The van der Waals surface area contributed by atoms with E-state index in [-0.39, 0.29) is 35.4 Å². The third kappa shape index (κ3) is 4.29. The van der Waals surface area contributed by atoms with Crippen molar-refractivity contribution in [3.63, 3.8) is 0 Å². The van der Waals surface area contributed by atoms with E-state index in [0.29, 0.717) is 16.0 Å². The summed E-state index contributed by atoms with van der Waals surface area (Å²) in [4.78, 5) is 21.1. The van der Waals surface area contributed by atoms with E-state index in [4.69, 9.17) is 4.74 Å². The minimum absolute atomic E-state index is 0.0854. The van der Waals surface area contributed by atoms with E-state index in [1.54, 1.807) is 13.0 Å². The molecule has 176 valence electrons. The standard InChI is InChI=1S/C22H21F5N4O2/c1-13-29-17-9-18(32)31(21(22(25,26)27)6-7-33-12-21)11-16(17)19(30-13)28-10-14-4-3-5-15(8-14)20(2,23)24/h3-5,8-9,11H,6-7,10,12H2,1-2H3,(H,28,29,30). The van der Waals surface area contributed by atoms with Crippen LogP contribution in [0.4, 0.5) is 27.8 Å². The van der Waals surface area contributed by atoms with E-state index in [1.165, 1.54) is 18.2 Å². The van der Waals surface area contributed by atoms with Gasteiger partial charge in [0.05, 0.1) is 17.5 Å². The first kappa shape index (κ1) is 23.1. The van der Waals surface area contributed by atoms with Crippen molar-refractivity contribution in [3.05, 3.63) is 63.8 Å². The molecule has 1 N–H and O–H groups in total. The Morgan fingerprint density at radius 1 is 1.18 bits per heavy atom. The second-order valence-corrected chi connectivity index (χ2v) is 8.17. The van der Waals surface area contributed by atoms with Crippen LogP contribution in [-0.4, -0.2) is 33.9 Å². The first-order chi connectivity index (χ1) is 15.4. The summed E-state index contributed by atoms with van der Waals surface area (Å²) in [5.74, 6) is -2.53. The molecule has 0 aliphatic carbocycles. The summed E-state index contributed by atoms with van der Waals surface area (Å²) in [5, 5.41) is 3.19. The van der Waals surface area contributed by atoms with Gasteiger partial charge in [0.15, 0.2) is 5.54 Å². The minimum Gasteiger partial charge on any atom is -0.379 e. The van der Waals surface area contributed by atoms with Crippen molar-refractivity contribution in [3.8, 4) is 0 Å². The summed E-state index contributed by atoms with van der Waals surface area (Å²) in [6.07, 6.45) is -4.01. The molecule has 0 saturated carbocycles. The highest BCUT2D eigenvalue weighted by molar-refractivity contribution is 5.88. The molecule has 0 spiro atoms. The molecule has 1 unspecified atom stereocenters. The van der Waals surface area contributed by atoms with Crippen molar-refractivity contribution >= 4 is 16.7 Å². The van der Waals surface area contributed by atoms with Crippen LogP contribution in [0.5, 0.6) is 0 Å². The van der Waals surface area contributed by atoms with Gasteiger partial charge in [-0.05, 0) is 18.6 Å². The molecule has 0 amide bonds. The van der Waals surface area contributed by atoms with Gasteiger partial charge in [0.2, 0.25) is 0 Å². The number of hydrogen-bond donors (Lipinski definition) is 1. The van der Waals surface area contributed by atoms with Crippen LogP contribution in [0.25, 0.3) is 10.9 Å². The maximum atomic E-state index is 14.0. The molecule has 11 heteroatoms. The fraction of sp³-hybridized carbons (Fsp3) is 0.409. The highest BCUT2D eigenvalue weighted by atomic mass is 19.4. The van der Waals surface area contributed by atoms with Gasteiger partial charge in [-0.3, -0.25) is 9.36 Å². The van der Waals surface area contributed by atoms with Gasteiger partial charge in [-0.1, -0.05) is 18.2 Å². The van der Waals surface area contributed by atoms with Crippen molar-refractivity contribution in [2.75, 3.05) is 18.5 Å². The monoisotopic (exact) mass is 468 g/mol. The van der Waals surface area contributed by atoms with Crippen LogP contribution in [0, 0.1) is 6.92 Å². The summed E-state index contributed by atoms with van der Waals surface area (Å²) in [5.41, 5.74) is -2.79. The van der Waals surface area contributed by atoms with E-state index < -0.39 is 36.2 Å². The fourth-order valence-electron chi connectivity index (χ4n) is 3.93. The molecule has 0 bridgehead atoms. The van der Waals surface area contributed by atoms with Crippen LogP contribution >= 0.6 is 0 Å². The third-order valence-corrected chi connectivity index (χ3v) is 5.73. The number of benzene rings is 1. The van der Waals surface area contributed by atoms with Crippen molar-refractivity contribution in [1.82, 2.24) is 14.5 Å². The second kappa shape index (κ2) is 8.05. The number of fused-ring (bicyclic) bond motifs is 1. The second-order valence-electron chi connectivity index (χ2n) is 8.17. The Hall–Kier alpha value is -3.08. The zero-order chi connectivity index (χ0) is 24.0. The summed E-state index contributed by atoms with van der Waals surface area (Å²) in [6.45, 7) is 1.66. The molecular formula is C22H21F5N4O2. The van der Waals surface area contributed by atoms with Crippen molar-refractivity contribution < 1.29 is 26.7 Å². The first-order valence-electron chi connectivity index (χ1n) is 10.2. The predicted octanol–water partition coefficient (Wildman–Crippen LogP) is 4.50. The molecular weight excluding hydrogens is 447 g/mol. The number of aryl methyl sites for hydroxylation is 1. The van der Waals surface area contributed by atoms with E-state index in [1.807, 2.05) is 0 Å². The van der Waals surface area contributed by atoms with Crippen LogP contribution in [0.2, 0.25) is 0 Å². The quantitative estimate of drug-likeness (QED) is 0.559. The molecule has 1 atom stereocenters. The van der Waals surface area contributed by atoms with Crippen LogP contribution in [0.3, 0.4) is 0 Å². The molecule has 3 heterocycles. The van der Waals surface area contributed by atoms with Crippen LogP contribution in [0.1, 0.15) is 30.3 Å². The summed E-state index contributed by atoms with van der Waals surface area (Å²) >= 11 is 0. The van der Waals surface area contributed by atoms with Gasteiger partial charge in [0.1, 0.15) is 11.6 Å². The Morgan fingerprint density at radius 2 is 1.94 bits per heavy atom. The number of nitrogens with zero attached hydrogens (tertiary/aromatic N) is 3. The molecule has 2 aromatic heterocycles. The zero-order valence-electron chi connectivity index (χ0n) is 17.8. The van der Waals surface area contributed by atoms with Crippen LogP contribution < -0.4 is 10.9 Å². The lowest BCUT2D eigenvalue weighted by molar-refractivity contribution is -0.214. The number of rotatable bonds is 5. The molecule has 1 aromatic carbocycles. The smallest absolute Gasteiger partial charge is 0.379 e. The van der Waals surface area contributed by atoms with Gasteiger partial charge in [-0.2, -0.15) is 13.2 Å². The number of alkyl halides is 5. The largest absolute Gasteiger partial charge is 0.414 e. The van der Waals surface area contributed by atoms with E-state index in [9.17, 15) is 26.7 Å². The normalized spacial score (nSPS) is 19.2. The van der Waals surface area contributed by atoms with Crippen molar-refractivity contribution in [1.29, 1.82) is 0 Å².